The highest BCUT2D eigenvalue weighted by molar-refractivity contribution is 5.03. The molecular formula is C16H31NO2. The van der Waals surface area contributed by atoms with Crippen LogP contribution in [0.3, 0.4) is 0 Å². The van der Waals surface area contributed by atoms with Gasteiger partial charge in [0.05, 0.1) is 13.2 Å². The van der Waals surface area contributed by atoms with Gasteiger partial charge in [-0.2, -0.15) is 0 Å². The number of ether oxygens (including phenoxy) is 2. The fourth-order valence-corrected chi connectivity index (χ4v) is 3.77. The zero-order valence-electron chi connectivity index (χ0n) is 12.7. The number of methoxy groups -OCH3 is 1. The van der Waals surface area contributed by atoms with Crippen molar-refractivity contribution in [1.82, 2.24) is 5.32 Å². The van der Waals surface area contributed by atoms with Crippen LogP contribution in [0.25, 0.3) is 0 Å². The Morgan fingerprint density at radius 3 is 2.63 bits per heavy atom. The van der Waals surface area contributed by atoms with Gasteiger partial charge in [0, 0.05) is 20.3 Å². The minimum absolute atomic E-state index is 0.591. The molecule has 0 aliphatic heterocycles. The van der Waals surface area contributed by atoms with E-state index in [9.17, 15) is 0 Å². The summed E-state index contributed by atoms with van der Waals surface area (Å²) < 4.78 is 10.6. The minimum Gasteiger partial charge on any atom is -0.382 e. The predicted molar refractivity (Wildman–Crippen MR) is 78.4 cm³/mol. The van der Waals surface area contributed by atoms with E-state index in [1.165, 1.54) is 51.6 Å². The van der Waals surface area contributed by atoms with E-state index in [0.29, 0.717) is 12.0 Å². The van der Waals surface area contributed by atoms with Gasteiger partial charge in [0.2, 0.25) is 0 Å². The van der Waals surface area contributed by atoms with Crippen molar-refractivity contribution in [1.29, 1.82) is 0 Å². The van der Waals surface area contributed by atoms with E-state index in [4.69, 9.17) is 9.47 Å². The van der Waals surface area contributed by atoms with Gasteiger partial charge in [-0.1, -0.05) is 6.92 Å². The molecule has 112 valence electrons. The third kappa shape index (κ3) is 4.73. The quantitative estimate of drug-likeness (QED) is 0.585. The molecule has 0 aromatic rings. The first-order valence-electron chi connectivity index (χ1n) is 8.07. The van der Waals surface area contributed by atoms with Crippen molar-refractivity contribution in [3.8, 4) is 0 Å². The Kier molecular flexibility index (Phi) is 6.11. The molecule has 0 saturated heterocycles. The molecule has 1 N–H and O–H groups in total. The molecule has 0 radical (unpaired) electrons. The lowest BCUT2D eigenvalue weighted by Crippen LogP contribution is -2.34. The smallest absolute Gasteiger partial charge is 0.0700 e. The fraction of sp³-hybridized carbons (Fsp3) is 1.00. The number of hydrogen-bond acceptors (Lipinski definition) is 3. The van der Waals surface area contributed by atoms with Gasteiger partial charge in [0.25, 0.3) is 0 Å². The second-order valence-corrected chi connectivity index (χ2v) is 6.55. The summed E-state index contributed by atoms with van der Waals surface area (Å²) in [6.07, 6.45) is 8.22. The maximum absolute atomic E-state index is 5.60. The van der Waals surface area contributed by atoms with Crippen LogP contribution in [0.15, 0.2) is 0 Å². The molecule has 3 nitrogen and oxygen atoms in total. The molecule has 19 heavy (non-hydrogen) atoms. The predicted octanol–water partition coefficient (Wildman–Crippen LogP) is 2.85. The molecule has 2 saturated carbocycles. The number of hydrogen-bond donors (Lipinski definition) is 1. The molecule has 2 aliphatic rings. The lowest BCUT2D eigenvalue weighted by Gasteiger charge is -2.31. The molecule has 0 aromatic heterocycles. The molecule has 0 bridgehead atoms. The lowest BCUT2D eigenvalue weighted by atomic mass is 9.78. The van der Waals surface area contributed by atoms with Crippen molar-refractivity contribution < 1.29 is 9.47 Å². The Balaban J connectivity index is 1.63. The van der Waals surface area contributed by atoms with E-state index >= 15 is 0 Å². The van der Waals surface area contributed by atoms with Gasteiger partial charge in [-0.05, 0) is 62.3 Å². The van der Waals surface area contributed by atoms with Crippen LogP contribution in [-0.2, 0) is 9.47 Å². The monoisotopic (exact) mass is 269 g/mol. The first kappa shape index (κ1) is 15.3. The topological polar surface area (TPSA) is 30.5 Å². The maximum Gasteiger partial charge on any atom is 0.0700 e. The molecule has 0 amide bonds. The second kappa shape index (κ2) is 7.61. The molecule has 2 aliphatic carbocycles. The van der Waals surface area contributed by atoms with Crippen LogP contribution in [0.4, 0.5) is 0 Å². The van der Waals surface area contributed by atoms with Crippen LogP contribution >= 0.6 is 0 Å². The maximum atomic E-state index is 5.60. The van der Waals surface area contributed by atoms with E-state index in [1.807, 2.05) is 0 Å². The lowest BCUT2D eigenvalue weighted by molar-refractivity contribution is 0.0626. The number of fused-ring (bicyclic) bond motifs is 1. The molecule has 3 heteroatoms. The first-order chi connectivity index (χ1) is 9.29. The number of rotatable bonds is 11. The number of nitrogens with one attached hydrogen (secondary N) is 1. The Morgan fingerprint density at radius 2 is 1.95 bits per heavy atom. The Labute approximate surface area is 118 Å². The van der Waals surface area contributed by atoms with Crippen LogP contribution in [0.5, 0.6) is 0 Å². The molecule has 2 rings (SSSR count). The van der Waals surface area contributed by atoms with Gasteiger partial charge in [-0.3, -0.25) is 0 Å². The molecule has 0 heterocycles. The largest absolute Gasteiger partial charge is 0.382 e. The zero-order valence-corrected chi connectivity index (χ0v) is 12.7. The van der Waals surface area contributed by atoms with E-state index in [-0.39, 0.29) is 0 Å². The van der Waals surface area contributed by atoms with Crippen molar-refractivity contribution in [2.24, 2.45) is 17.3 Å². The van der Waals surface area contributed by atoms with E-state index in [0.717, 1.165) is 25.0 Å². The highest BCUT2D eigenvalue weighted by Crippen LogP contribution is 2.61. The molecule has 2 atom stereocenters. The van der Waals surface area contributed by atoms with Crippen molar-refractivity contribution in [3.63, 3.8) is 0 Å². The van der Waals surface area contributed by atoms with Gasteiger partial charge in [-0.25, -0.2) is 0 Å². The van der Waals surface area contributed by atoms with Crippen molar-refractivity contribution in [2.75, 3.05) is 40.0 Å². The molecule has 2 unspecified atom stereocenters. The molecule has 0 aromatic carbocycles. The normalized spacial score (nSPS) is 32.5. The van der Waals surface area contributed by atoms with Gasteiger partial charge in [0.1, 0.15) is 0 Å². The third-order valence-corrected chi connectivity index (χ3v) is 4.81. The standard InChI is InChI=1S/C16H31NO2/c1-3-6-17-13-16(11-14-10-15(14)12-16)5-4-7-19-9-8-18-2/h14-15,17H,3-13H2,1-2H3. The Hall–Kier alpha value is -0.120. The Morgan fingerprint density at radius 1 is 1.16 bits per heavy atom. The van der Waals surface area contributed by atoms with Crippen molar-refractivity contribution in [3.05, 3.63) is 0 Å². The summed E-state index contributed by atoms with van der Waals surface area (Å²) in [7, 11) is 1.72. The summed E-state index contributed by atoms with van der Waals surface area (Å²) in [5.74, 6) is 2.13. The summed E-state index contributed by atoms with van der Waals surface area (Å²) in [6, 6.07) is 0. The van der Waals surface area contributed by atoms with Gasteiger partial charge < -0.3 is 14.8 Å². The fourth-order valence-electron chi connectivity index (χ4n) is 3.77. The average Bonchev–Trinajstić information content (AvgIpc) is 3.02. The van der Waals surface area contributed by atoms with Crippen LogP contribution in [0.1, 0.15) is 45.4 Å². The van der Waals surface area contributed by atoms with Crippen molar-refractivity contribution in [2.45, 2.75) is 45.4 Å². The van der Waals surface area contributed by atoms with E-state index < -0.39 is 0 Å². The van der Waals surface area contributed by atoms with E-state index in [2.05, 4.69) is 12.2 Å². The molecule has 0 spiro atoms. The van der Waals surface area contributed by atoms with Crippen molar-refractivity contribution >= 4 is 0 Å². The van der Waals surface area contributed by atoms with Crippen LogP contribution in [0.2, 0.25) is 0 Å². The minimum atomic E-state index is 0.591. The molecule has 2 fully saturated rings. The van der Waals surface area contributed by atoms with Crippen LogP contribution in [0, 0.1) is 17.3 Å². The summed E-state index contributed by atoms with van der Waals surface area (Å²) in [5, 5.41) is 3.66. The second-order valence-electron chi connectivity index (χ2n) is 6.55. The highest BCUT2D eigenvalue weighted by Gasteiger charge is 2.52. The average molecular weight is 269 g/mol. The van der Waals surface area contributed by atoms with Crippen LogP contribution < -0.4 is 5.32 Å². The molecular weight excluding hydrogens is 238 g/mol. The summed E-state index contributed by atoms with van der Waals surface area (Å²) >= 11 is 0. The SMILES string of the molecule is CCCNCC1(CCCOCCOC)CC2CC2C1. The third-order valence-electron chi connectivity index (χ3n) is 4.81. The summed E-state index contributed by atoms with van der Waals surface area (Å²) in [6.45, 7) is 6.99. The Bertz CT molecular complexity index is 247. The van der Waals surface area contributed by atoms with Gasteiger partial charge in [0.15, 0.2) is 0 Å². The van der Waals surface area contributed by atoms with Crippen LogP contribution in [-0.4, -0.2) is 40.0 Å². The zero-order chi connectivity index (χ0) is 13.6. The summed E-state index contributed by atoms with van der Waals surface area (Å²) in [4.78, 5) is 0. The first-order valence-corrected chi connectivity index (χ1v) is 8.07. The highest BCUT2D eigenvalue weighted by atomic mass is 16.5. The van der Waals surface area contributed by atoms with E-state index in [1.54, 1.807) is 7.11 Å². The summed E-state index contributed by atoms with van der Waals surface area (Å²) in [5.41, 5.74) is 0.591. The van der Waals surface area contributed by atoms with Gasteiger partial charge >= 0.3 is 0 Å². The van der Waals surface area contributed by atoms with Gasteiger partial charge in [-0.15, -0.1) is 0 Å².